The third-order valence-corrected chi connectivity index (χ3v) is 7.51. The minimum absolute atomic E-state index is 0.0574. The van der Waals surface area contributed by atoms with Crippen molar-refractivity contribution in [2.75, 3.05) is 39.3 Å². The van der Waals surface area contributed by atoms with Gasteiger partial charge >= 0.3 is 0 Å². The molecule has 5 rings (SSSR count). The smallest absolute Gasteiger partial charge is 0.254 e. The quantitative estimate of drug-likeness (QED) is 0.761. The van der Waals surface area contributed by atoms with Gasteiger partial charge in [0, 0.05) is 37.8 Å². The number of hydrogen-bond acceptors (Lipinski definition) is 3. The number of fused-ring (bicyclic) bond motifs is 1. The van der Waals surface area contributed by atoms with Crippen molar-refractivity contribution in [3.63, 3.8) is 0 Å². The van der Waals surface area contributed by atoms with Gasteiger partial charge in [-0.05, 0) is 68.5 Å². The van der Waals surface area contributed by atoms with Gasteiger partial charge in [0.15, 0.2) is 0 Å². The number of rotatable bonds is 3. The molecule has 31 heavy (non-hydrogen) atoms. The molecule has 0 N–H and O–H groups in total. The second kappa shape index (κ2) is 8.99. The van der Waals surface area contributed by atoms with E-state index in [0.717, 1.165) is 61.7 Å². The van der Waals surface area contributed by atoms with Crippen molar-refractivity contribution in [2.24, 2.45) is 5.92 Å². The Kier molecular flexibility index (Phi) is 5.95. The number of amides is 2. The van der Waals surface area contributed by atoms with Crippen molar-refractivity contribution in [3.05, 3.63) is 48.0 Å². The zero-order chi connectivity index (χ0) is 21.2. The maximum absolute atomic E-state index is 13.3. The molecule has 0 saturated carbocycles. The topological polar surface area (TPSA) is 43.9 Å². The Bertz CT molecular complexity index is 939. The van der Waals surface area contributed by atoms with Crippen LogP contribution in [0.1, 0.15) is 48.9 Å². The largest absolute Gasteiger partial charge is 0.342 e. The molecule has 3 aliphatic rings. The van der Waals surface area contributed by atoms with Crippen molar-refractivity contribution in [3.8, 4) is 0 Å². The average molecular weight is 420 g/mol. The maximum Gasteiger partial charge on any atom is 0.254 e. The van der Waals surface area contributed by atoms with Crippen LogP contribution in [0.3, 0.4) is 0 Å². The third kappa shape index (κ3) is 4.20. The standard InChI is InChI=1S/C26H33N3O2/c30-25(28-17-12-22(13-18-28)27-14-3-4-15-27)21-9-6-16-29(19-21)26(31)24-11-5-8-20-7-1-2-10-23(20)24/h1-2,5,7-8,10-11,21-22H,3-4,6,9,12-19H2. The fourth-order valence-electron chi connectivity index (χ4n) is 5.76. The second-order valence-electron chi connectivity index (χ2n) is 9.42. The summed E-state index contributed by atoms with van der Waals surface area (Å²) in [4.78, 5) is 33.2. The highest BCUT2D eigenvalue weighted by atomic mass is 16.2. The van der Waals surface area contributed by atoms with Gasteiger partial charge in [-0.1, -0.05) is 36.4 Å². The third-order valence-electron chi connectivity index (χ3n) is 7.51. The Labute approximate surface area is 185 Å². The summed E-state index contributed by atoms with van der Waals surface area (Å²) in [6, 6.07) is 14.6. The van der Waals surface area contributed by atoms with Gasteiger partial charge in [0.05, 0.1) is 5.92 Å². The molecule has 0 radical (unpaired) electrons. The van der Waals surface area contributed by atoms with Gasteiger partial charge < -0.3 is 14.7 Å². The number of nitrogens with zero attached hydrogens (tertiary/aromatic N) is 3. The normalized spacial score (nSPS) is 23.4. The zero-order valence-corrected chi connectivity index (χ0v) is 18.3. The molecule has 2 aromatic carbocycles. The monoisotopic (exact) mass is 419 g/mol. The van der Waals surface area contributed by atoms with Crippen LogP contribution in [0.15, 0.2) is 42.5 Å². The summed E-state index contributed by atoms with van der Waals surface area (Å²) in [5.41, 5.74) is 0.748. The van der Waals surface area contributed by atoms with Crippen LogP contribution in [0.5, 0.6) is 0 Å². The summed E-state index contributed by atoms with van der Waals surface area (Å²) >= 11 is 0. The van der Waals surface area contributed by atoms with E-state index in [9.17, 15) is 9.59 Å². The summed E-state index contributed by atoms with van der Waals surface area (Å²) < 4.78 is 0. The Hall–Kier alpha value is -2.40. The van der Waals surface area contributed by atoms with Crippen molar-refractivity contribution in [1.82, 2.24) is 14.7 Å². The van der Waals surface area contributed by atoms with Crippen molar-refractivity contribution < 1.29 is 9.59 Å². The highest BCUT2D eigenvalue weighted by Crippen LogP contribution is 2.27. The molecule has 3 aliphatic heterocycles. The van der Waals surface area contributed by atoms with Gasteiger partial charge in [0.1, 0.15) is 0 Å². The van der Waals surface area contributed by atoms with Crippen LogP contribution < -0.4 is 0 Å². The van der Waals surface area contributed by atoms with E-state index in [-0.39, 0.29) is 17.7 Å². The summed E-state index contributed by atoms with van der Waals surface area (Å²) in [5, 5.41) is 2.08. The lowest BCUT2D eigenvalue weighted by Crippen LogP contribution is -2.51. The first-order chi connectivity index (χ1) is 15.2. The number of carbonyl (C=O) groups excluding carboxylic acids is 2. The van der Waals surface area contributed by atoms with Gasteiger partial charge in [-0.2, -0.15) is 0 Å². The molecule has 3 fully saturated rings. The molecule has 164 valence electrons. The van der Waals surface area contributed by atoms with E-state index in [2.05, 4.69) is 9.80 Å². The van der Waals surface area contributed by atoms with Crippen LogP contribution in [-0.4, -0.2) is 71.8 Å². The Balaban J connectivity index is 1.23. The van der Waals surface area contributed by atoms with Crippen LogP contribution in [-0.2, 0) is 4.79 Å². The molecule has 1 unspecified atom stereocenters. The summed E-state index contributed by atoms with van der Waals surface area (Å²) in [6.45, 7) is 5.48. The van der Waals surface area contributed by atoms with Crippen molar-refractivity contribution in [2.45, 2.75) is 44.6 Å². The molecule has 3 saturated heterocycles. The molecule has 0 spiro atoms. The number of piperidine rings is 2. The lowest BCUT2D eigenvalue weighted by Gasteiger charge is -2.40. The Morgan fingerprint density at radius 1 is 0.742 bits per heavy atom. The first-order valence-electron chi connectivity index (χ1n) is 12.0. The van der Waals surface area contributed by atoms with Gasteiger partial charge in [-0.25, -0.2) is 0 Å². The molecular formula is C26H33N3O2. The van der Waals surface area contributed by atoms with E-state index in [1.54, 1.807) is 0 Å². The molecular weight excluding hydrogens is 386 g/mol. The van der Waals surface area contributed by atoms with E-state index in [1.807, 2.05) is 47.4 Å². The van der Waals surface area contributed by atoms with Crippen LogP contribution in [0.25, 0.3) is 10.8 Å². The Morgan fingerprint density at radius 2 is 1.48 bits per heavy atom. The molecule has 3 heterocycles. The number of benzene rings is 2. The first kappa shape index (κ1) is 20.5. The van der Waals surface area contributed by atoms with Gasteiger partial charge in [0.25, 0.3) is 5.91 Å². The van der Waals surface area contributed by atoms with E-state index in [1.165, 1.54) is 25.9 Å². The highest BCUT2D eigenvalue weighted by Gasteiger charge is 2.34. The summed E-state index contributed by atoms with van der Waals surface area (Å²) in [7, 11) is 0. The van der Waals surface area contributed by atoms with Crippen LogP contribution in [0.2, 0.25) is 0 Å². The molecule has 1 atom stereocenters. The zero-order valence-electron chi connectivity index (χ0n) is 18.3. The van der Waals surface area contributed by atoms with E-state index in [4.69, 9.17) is 0 Å². The van der Waals surface area contributed by atoms with E-state index < -0.39 is 0 Å². The molecule has 5 heteroatoms. The van der Waals surface area contributed by atoms with E-state index >= 15 is 0 Å². The van der Waals surface area contributed by atoms with Crippen molar-refractivity contribution in [1.29, 1.82) is 0 Å². The number of carbonyl (C=O) groups is 2. The van der Waals surface area contributed by atoms with Crippen molar-refractivity contribution >= 4 is 22.6 Å². The minimum atomic E-state index is -0.0592. The van der Waals surface area contributed by atoms with Crippen LogP contribution >= 0.6 is 0 Å². The molecule has 5 nitrogen and oxygen atoms in total. The minimum Gasteiger partial charge on any atom is -0.342 e. The van der Waals surface area contributed by atoms with Gasteiger partial charge in [-0.15, -0.1) is 0 Å². The summed E-state index contributed by atoms with van der Waals surface area (Å²) in [6.07, 6.45) is 6.62. The number of hydrogen-bond donors (Lipinski definition) is 0. The molecule has 2 aromatic rings. The second-order valence-corrected chi connectivity index (χ2v) is 9.42. The lowest BCUT2D eigenvalue weighted by atomic mass is 9.93. The van der Waals surface area contributed by atoms with E-state index in [0.29, 0.717) is 12.6 Å². The molecule has 0 aromatic heterocycles. The van der Waals surface area contributed by atoms with Crippen LogP contribution in [0, 0.1) is 5.92 Å². The summed E-state index contributed by atoms with van der Waals surface area (Å²) in [5.74, 6) is 0.258. The molecule has 2 amide bonds. The predicted octanol–water partition coefficient (Wildman–Crippen LogP) is 3.78. The average Bonchev–Trinajstić information content (AvgIpc) is 3.38. The predicted molar refractivity (Wildman–Crippen MR) is 123 cm³/mol. The maximum atomic E-state index is 13.3. The van der Waals surface area contributed by atoms with Gasteiger partial charge in [-0.3, -0.25) is 9.59 Å². The fourth-order valence-corrected chi connectivity index (χ4v) is 5.76. The highest BCUT2D eigenvalue weighted by molar-refractivity contribution is 6.07. The molecule has 0 bridgehead atoms. The lowest BCUT2D eigenvalue weighted by molar-refractivity contribution is -0.138. The Morgan fingerprint density at radius 3 is 2.29 bits per heavy atom. The SMILES string of the molecule is O=C(c1cccc2ccccc12)N1CCCC(C(=O)N2CCC(N3CCCC3)CC2)C1. The number of likely N-dealkylation sites (tertiary alicyclic amines) is 3. The fraction of sp³-hybridized carbons (Fsp3) is 0.538. The first-order valence-corrected chi connectivity index (χ1v) is 12.0. The molecule has 0 aliphatic carbocycles. The van der Waals surface area contributed by atoms with Gasteiger partial charge in [0.2, 0.25) is 5.91 Å². The van der Waals surface area contributed by atoms with Crippen LogP contribution in [0.4, 0.5) is 0 Å².